The van der Waals surface area contributed by atoms with Crippen molar-refractivity contribution in [1.29, 1.82) is 0 Å². The largest absolute Gasteiger partial charge is 2.00 e. The van der Waals surface area contributed by atoms with Crippen LogP contribution < -0.4 is 23.0 Å². The second-order valence-corrected chi connectivity index (χ2v) is 4.32. The summed E-state index contributed by atoms with van der Waals surface area (Å²) < 4.78 is 25.3. The van der Waals surface area contributed by atoms with Gasteiger partial charge in [0.05, 0.1) is 0 Å². The Morgan fingerprint density at radius 2 is 0.941 bits per heavy atom. The van der Waals surface area contributed by atoms with Crippen LogP contribution in [0, 0.1) is 11.6 Å². The quantitative estimate of drug-likeness (QED) is 0.513. The Morgan fingerprint density at radius 1 is 0.647 bits per heavy atom. The van der Waals surface area contributed by atoms with Gasteiger partial charge in [-0.25, -0.2) is 8.78 Å². The standard InChI is InChI=1S/C12H8F2P.ClH.Mg/c13-9-1-5-11(6-2-9)15-12-7-3-10(14)4-8-12;;/h1-8H;1H;/q-1;;+2/p-1. The van der Waals surface area contributed by atoms with E-state index in [9.17, 15) is 8.78 Å². The summed E-state index contributed by atoms with van der Waals surface area (Å²) in [6, 6.07) is 12.6. The Hall–Kier alpha value is -0.214. The summed E-state index contributed by atoms with van der Waals surface area (Å²) in [6.07, 6.45) is 0. The van der Waals surface area contributed by atoms with Crippen LogP contribution >= 0.6 is 8.58 Å². The Labute approximate surface area is 123 Å². The van der Waals surface area contributed by atoms with Crippen molar-refractivity contribution in [1.82, 2.24) is 0 Å². The van der Waals surface area contributed by atoms with Crippen molar-refractivity contribution in [3.63, 3.8) is 0 Å². The van der Waals surface area contributed by atoms with Gasteiger partial charge in [0.1, 0.15) is 11.6 Å². The van der Waals surface area contributed by atoms with Crippen LogP contribution in [0.4, 0.5) is 8.78 Å². The zero-order valence-electron chi connectivity index (χ0n) is 8.91. The second kappa shape index (κ2) is 7.99. The zero-order valence-corrected chi connectivity index (χ0v) is 12.0. The summed E-state index contributed by atoms with van der Waals surface area (Å²) in [5.74, 6) is -0.485. The smallest absolute Gasteiger partial charge is 1.00 e. The van der Waals surface area contributed by atoms with E-state index in [1.807, 2.05) is 0 Å². The van der Waals surface area contributed by atoms with Crippen molar-refractivity contribution in [2.45, 2.75) is 0 Å². The molecule has 0 N–H and O–H groups in total. The Bertz CT molecular complexity index is 402. The first-order chi connectivity index (χ1) is 7.24. The molecule has 0 amide bonds. The summed E-state index contributed by atoms with van der Waals surface area (Å²) in [6.45, 7) is 0. The van der Waals surface area contributed by atoms with Crippen molar-refractivity contribution in [2.24, 2.45) is 0 Å². The Kier molecular flexibility index (Phi) is 7.89. The van der Waals surface area contributed by atoms with E-state index in [1.165, 1.54) is 24.3 Å². The van der Waals surface area contributed by atoms with Crippen LogP contribution in [0.25, 0.3) is 0 Å². The number of halogens is 3. The van der Waals surface area contributed by atoms with E-state index in [-0.39, 0.29) is 47.1 Å². The second-order valence-electron chi connectivity index (χ2n) is 3.06. The molecular weight excluding hydrogens is 273 g/mol. The molecule has 0 saturated heterocycles. The van der Waals surface area contributed by atoms with Crippen molar-refractivity contribution in [3.8, 4) is 0 Å². The summed E-state index contributed by atoms with van der Waals surface area (Å²) in [7, 11) is 0.954. The third kappa shape index (κ3) is 5.30. The monoisotopic (exact) mass is 280 g/mol. The van der Waals surface area contributed by atoms with Crippen molar-refractivity contribution >= 4 is 42.2 Å². The van der Waals surface area contributed by atoms with Gasteiger partial charge < -0.3 is 21.0 Å². The van der Waals surface area contributed by atoms with Crippen LogP contribution in [0.3, 0.4) is 0 Å². The SMILES string of the molecule is Fc1ccc([P-]c2ccc(F)cc2)cc1.[Cl-].[Mg+2]. The molecule has 2 aromatic rings. The first-order valence-corrected chi connectivity index (χ1v) is 5.36. The molecule has 17 heavy (non-hydrogen) atoms. The molecule has 0 unspecified atom stereocenters. The van der Waals surface area contributed by atoms with Gasteiger partial charge in [-0.3, -0.25) is 0 Å². The van der Waals surface area contributed by atoms with Crippen LogP contribution in [0.15, 0.2) is 48.5 Å². The van der Waals surface area contributed by atoms with Crippen LogP contribution in [0.5, 0.6) is 0 Å². The predicted octanol–water partition coefficient (Wildman–Crippen LogP) is -0.515. The molecule has 84 valence electrons. The number of hydrogen-bond donors (Lipinski definition) is 0. The van der Waals surface area contributed by atoms with E-state index in [1.54, 1.807) is 24.3 Å². The van der Waals surface area contributed by atoms with Crippen molar-refractivity contribution in [2.75, 3.05) is 0 Å². The molecule has 0 nitrogen and oxygen atoms in total. The summed E-state index contributed by atoms with van der Waals surface area (Å²) in [5.41, 5.74) is 0. The normalized spacial score (nSPS) is 9.06. The van der Waals surface area contributed by atoms with Gasteiger partial charge in [-0.05, 0) is 24.3 Å². The molecule has 0 heterocycles. The molecule has 0 aliphatic heterocycles. The van der Waals surface area contributed by atoms with Gasteiger partial charge in [-0.2, -0.15) is 10.6 Å². The molecule has 0 aliphatic rings. The van der Waals surface area contributed by atoms with Gasteiger partial charge in [0.25, 0.3) is 0 Å². The van der Waals surface area contributed by atoms with E-state index in [0.717, 1.165) is 19.2 Å². The molecule has 0 fully saturated rings. The molecule has 0 spiro atoms. The number of hydrogen-bond acceptors (Lipinski definition) is 0. The molecular formula is C12H8ClF2MgP. The molecule has 2 aromatic carbocycles. The van der Waals surface area contributed by atoms with Gasteiger partial charge in [-0.15, -0.1) is 0 Å². The Morgan fingerprint density at radius 3 is 1.24 bits per heavy atom. The topological polar surface area (TPSA) is 0 Å². The van der Waals surface area contributed by atoms with Gasteiger partial charge in [-0.1, -0.05) is 24.3 Å². The summed E-state index contributed by atoms with van der Waals surface area (Å²) >= 11 is 0. The van der Waals surface area contributed by atoms with E-state index in [2.05, 4.69) is 0 Å². The van der Waals surface area contributed by atoms with Gasteiger partial charge in [0.2, 0.25) is 0 Å². The molecule has 0 aliphatic carbocycles. The molecule has 2 rings (SSSR count). The average Bonchev–Trinajstić information content (AvgIpc) is 2.25. The third-order valence-corrected chi connectivity index (χ3v) is 3.02. The van der Waals surface area contributed by atoms with Gasteiger partial charge >= 0.3 is 23.1 Å². The van der Waals surface area contributed by atoms with Crippen molar-refractivity contribution < 1.29 is 21.2 Å². The van der Waals surface area contributed by atoms with E-state index in [4.69, 9.17) is 0 Å². The zero-order chi connectivity index (χ0) is 10.7. The minimum absolute atomic E-state index is 0. The van der Waals surface area contributed by atoms with E-state index >= 15 is 0 Å². The molecule has 0 aromatic heterocycles. The molecule has 5 heteroatoms. The van der Waals surface area contributed by atoms with Gasteiger partial charge in [0, 0.05) is 0 Å². The van der Waals surface area contributed by atoms with Crippen LogP contribution in [-0.4, -0.2) is 23.1 Å². The van der Waals surface area contributed by atoms with E-state index in [0.29, 0.717) is 0 Å². The molecule has 0 atom stereocenters. The summed E-state index contributed by atoms with van der Waals surface area (Å²) in [4.78, 5) is 0. The fourth-order valence-corrected chi connectivity index (χ4v) is 2.07. The maximum absolute atomic E-state index is 12.6. The third-order valence-electron chi connectivity index (χ3n) is 1.91. The van der Waals surface area contributed by atoms with E-state index < -0.39 is 0 Å². The maximum Gasteiger partial charge on any atom is 2.00 e. The van der Waals surface area contributed by atoms with Crippen molar-refractivity contribution in [3.05, 3.63) is 60.2 Å². The minimum Gasteiger partial charge on any atom is -1.00 e. The fourth-order valence-electron chi connectivity index (χ4n) is 1.18. The van der Waals surface area contributed by atoms with Crippen LogP contribution in [0.2, 0.25) is 0 Å². The minimum atomic E-state index is -0.243. The molecule has 0 saturated carbocycles. The first kappa shape index (κ1) is 16.8. The maximum atomic E-state index is 12.6. The van der Waals surface area contributed by atoms with Crippen LogP contribution in [-0.2, 0) is 0 Å². The first-order valence-electron chi connectivity index (χ1n) is 4.47. The number of benzene rings is 2. The summed E-state index contributed by atoms with van der Waals surface area (Å²) in [5, 5.41) is 1.98. The molecule has 0 radical (unpaired) electrons. The Balaban J connectivity index is 0.00000128. The fraction of sp³-hybridized carbons (Fsp3) is 0. The number of rotatable bonds is 2. The predicted molar refractivity (Wildman–Crippen MR) is 64.7 cm³/mol. The molecule has 0 bridgehead atoms. The average molecular weight is 281 g/mol. The van der Waals surface area contributed by atoms with Gasteiger partial charge in [0.15, 0.2) is 0 Å². The van der Waals surface area contributed by atoms with Crippen LogP contribution in [0.1, 0.15) is 0 Å².